The molecule has 0 aliphatic rings. The minimum absolute atomic E-state index is 0.120. The lowest BCUT2D eigenvalue weighted by Crippen LogP contribution is -2.48. The van der Waals surface area contributed by atoms with Gasteiger partial charge in [0, 0.05) is 32.5 Å². The molecule has 0 heterocycles. The maximum absolute atomic E-state index is 9.46. The van der Waals surface area contributed by atoms with E-state index in [-0.39, 0.29) is 12.1 Å². The first kappa shape index (κ1) is 16.8. The highest BCUT2D eigenvalue weighted by molar-refractivity contribution is 4.85. The molecule has 0 bridgehead atoms. The average molecular weight is 247 g/mol. The molecule has 0 radical (unpaired) electrons. The molecule has 0 fully saturated rings. The third-order valence-corrected chi connectivity index (χ3v) is 3.11. The first-order valence-electron chi connectivity index (χ1n) is 6.67. The van der Waals surface area contributed by atoms with Crippen LogP contribution in [0.15, 0.2) is 0 Å². The fourth-order valence-corrected chi connectivity index (χ4v) is 1.93. The van der Waals surface area contributed by atoms with Gasteiger partial charge in [-0.05, 0) is 32.2 Å². The Kier molecular flexibility index (Phi) is 10.9. The van der Waals surface area contributed by atoms with Crippen LogP contribution >= 0.6 is 0 Å². The summed E-state index contributed by atoms with van der Waals surface area (Å²) in [6.07, 6.45) is 3.83. The summed E-state index contributed by atoms with van der Waals surface area (Å²) in [5, 5.41) is 12.8. The number of hydrogen-bond donors (Lipinski definition) is 2. The van der Waals surface area contributed by atoms with E-state index in [2.05, 4.69) is 19.2 Å². The van der Waals surface area contributed by atoms with Gasteiger partial charge in [-0.15, -0.1) is 0 Å². The van der Waals surface area contributed by atoms with Gasteiger partial charge in [0.05, 0.1) is 6.61 Å². The van der Waals surface area contributed by atoms with Crippen molar-refractivity contribution in [3.63, 3.8) is 0 Å². The number of aliphatic hydroxyl groups is 1. The second-order valence-electron chi connectivity index (χ2n) is 4.38. The third-order valence-electron chi connectivity index (χ3n) is 3.11. The summed E-state index contributed by atoms with van der Waals surface area (Å²) in [4.78, 5) is 0. The van der Waals surface area contributed by atoms with Crippen LogP contribution in [-0.4, -0.2) is 50.7 Å². The van der Waals surface area contributed by atoms with Crippen LogP contribution in [0.1, 0.15) is 39.5 Å². The second-order valence-corrected chi connectivity index (χ2v) is 4.38. The van der Waals surface area contributed by atoms with Crippen molar-refractivity contribution >= 4 is 0 Å². The molecule has 0 rings (SSSR count). The highest BCUT2D eigenvalue weighted by Gasteiger charge is 2.25. The van der Waals surface area contributed by atoms with Crippen LogP contribution in [0.25, 0.3) is 0 Å². The van der Waals surface area contributed by atoms with Gasteiger partial charge in [0.1, 0.15) is 0 Å². The summed E-state index contributed by atoms with van der Waals surface area (Å²) in [6, 6.07) is 0. The highest BCUT2D eigenvalue weighted by Crippen LogP contribution is 2.16. The summed E-state index contributed by atoms with van der Waals surface area (Å²) in [5.74, 6) is 0. The highest BCUT2D eigenvalue weighted by atomic mass is 16.5. The molecule has 1 unspecified atom stereocenters. The Morgan fingerprint density at radius 2 is 1.82 bits per heavy atom. The van der Waals surface area contributed by atoms with Crippen molar-refractivity contribution in [2.75, 3.05) is 40.1 Å². The summed E-state index contributed by atoms with van der Waals surface area (Å²) < 4.78 is 10.5. The van der Waals surface area contributed by atoms with Crippen LogP contribution in [0.2, 0.25) is 0 Å². The molecule has 4 nitrogen and oxygen atoms in total. The lowest BCUT2D eigenvalue weighted by molar-refractivity contribution is 0.0868. The number of methoxy groups -OCH3 is 1. The summed E-state index contributed by atoms with van der Waals surface area (Å²) in [5.41, 5.74) is -0.120. The maximum Gasteiger partial charge on any atom is 0.0613 e. The SMILES string of the molecule is CCNC(CC)(CO)CCCOCCCOC. The van der Waals surface area contributed by atoms with Crippen LogP contribution in [0.3, 0.4) is 0 Å². The van der Waals surface area contributed by atoms with Crippen molar-refractivity contribution in [1.29, 1.82) is 0 Å². The molecule has 0 saturated heterocycles. The number of nitrogens with one attached hydrogen (secondary N) is 1. The van der Waals surface area contributed by atoms with Gasteiger partial charge < -0.3 is 19.9 Å². The van der Waals surface area contributed by atoms with Crippen molar-refractivity contribution in [2.24, 2.45) is 0 Å². The molecule has 0 saturated carbocycles. The minimum atomic E-state index is -0.120. The van der Waals surface area contributed by atoms with Gasteiger partial charge in [-0.25, -0.2) is 0 Å². The van der Waals surface area contributed by atoms with E-state index in [0.29, 0.717) is 0 Å². The summed E-state index contributed by atoms with van der Waals surface area (Å²) in [6.45, 7) is 7.54. The fraction of sp³-hybridized carbons (Fsp3) is 1.00. The molecule has 0 aromatic carbocycles. The number of ether oxygens (including phenoxy) is 2. The molecular formula is C13H29NO3. The Hall–Kier alpha value is -0.160. The van der Waals surface area contributed by atoms with E-state index in [1.54, 1.807) is 7.11 Å². The zero-order valence-electron chi connectivity index (χ0n) is 11.6. The average Bonchev–Trinajstić information content (AvgIpc) is 2.36. The summed E-state index contributed by atoms with van der Waals surface area (Å²) in [7, 11) is 1.70. The van der Waals surface area contributed by atoms with Gasteiger partial charge in [-0.3, -0.25) is 0 Å². The molecule has 0 aliphatic heterocycles. The van der Waals surface area contributed by atoms with Crippen LogP contribution in [-0.2, 0) is 9.47 Å². The first-order chi connectivity index (χ1) is 8.24. The van der Waals surface area contributed by atoms with Crippen molar-refractivity contribution in [3.05, 3.63) is 0 Å². The number of hydrogen-bond acceptors (Lipinski definition) is 4. The Balaban J connectivity index is 3.61. The zero-order chi connectivity index (χ0) is 13.0. The van der Waals surface area contributed by atoms with E-state index in [0.717, 1.165) is 52.0 Å². The van der Waals surface area contributed by atoms with Crippen molar-refractivity contribution in [2.45, 2.75) is 45.1 Å². The van der Waals surface area contributed by atoms with E-state index in [1.165, 1.54) is 0 Å². The van der Waals surface area contributed by atoms with Gasteiger partial charge in [0.15, 0.2) is 0 Å². The molecule has 4 heteroatoms. The first-order valence-corrected chi connectivity index (χ1v) is 6.67. The van der Waals surface area contributed by atoms with E-state index in [9.17, 15) is 5.11 Å². The molecule has 0 aromatic rings. The Morgan fingerprint density at radius 3 is 2.35 bits per heavy atom. The second kappa shape index (κ2) is 11.0. The molecule has 2 N–H and O–H groups in total. The molecule has 0 amide bonds. The maximum atomic E-state index is 9.46. The molecule has 1 atom stereocenters. The van der Waals surface area contributed by atoms with E-state index < -0.39 is 0 Å². The Bertz CT molecular complexity index is 161. The van der Waals surface area contributed by atoms with Crippen molar-refractivity contribution < 1.29 is 14.6 Å². The van der Waals surface area contributed by atoms with Crippen LogP contribution < -0.4 is 5.32 Å². The largest absolute Gasteiger partial charge is 0.394 e. The molecule has 0 aliphatic carbocycles. The monoisotopic (exact) mass is 247 g/mol. The predicted molar refractivity (Wildman–Crippen MR) is 70.3 cm³/mol. The lowest BCUT2D eigenvalue weighted by atomic mass is 9.91. The van der Waals surface area contributed by atoms with Gasteiger partial charge in [-0.2, -0.15) is 0 Å². The Labute approximate surface area is 106 Å². The molecule has 104 valence electrons. The van der Waals surface area contributed by atoms with Crippen LogP contribution in [0, 0.1) is 0 Å². The van der Waals surface area contributed by atoms with Gasteiger partial charge in [0.2, 0.25) is 0 Å². The third kappa shape index (κ3) is 7.71. The number of likely N-dealkylation sites (N-methyl/N-ethyl adjacent to an activating group) is 1. The predicted octanol–water partition coefficient (Wildman–Crippen LogP) is 1.57. The smallest absolute Gasteiger partial charge is 0.0613 e. The zero-order valence-corrected chi connectivity index (χ0v) is 11.6. The molecule has 17 heavy (non-hydrogen) atoms. The summed E-state index contributed by atoms with van der Waals surface area (Å²) >= 11 is 0. The molecule has 0 spiro atoms. The molecular weight excluding hydrogens is 218 g/mol. The van der Waals surface area contributed by atoms with Crippen molar-refractivity contribution in [1.82, 2.24) is 5.32 Å². The Morgan fingerprint density at radius 1 is 1.12 bits per heavy atom. The topological polar surface area (TPSA) is 50.7 Å². The van der Waals surface area contributed by atoms with Crippen molar-refractivity contribution in [3.8, 4) is 0 Å². The van der Waals surface area contributed by atoms with Crippen LogP contribution in [0.4, 0.5) is 0 Å². The normalized spacial score (nSPS) is 14.8. The van der Waals surface area contributed by atoms with Crippen LogP contribution in [0.5, 0.6) is 0 Å². The number of aliphatic hydroxyl groups excluding tert-OH is 1. The van der Waals surface area contributed by atoms with E-state index in [4.69, 9.17) is 9.47 Å². The van der Waals surface area contributed by atoms with E-state index in [1.807, 2.05) is 0 Å². The lowest BCUT2D eigenvalue weighted by Gasteiger charge is -2.31. The molecule has 0 aromatic heterocycles. The minimum Gasteiger partial charge on any atom is -0.394 e. The fourth-order valence-electron chi connectivity index (χ4n) is 1.93. The van der Waals surface area contributed by atoms with Gasteiger partial charge in [0.25, 0.3) is 0 Å². The number of rotatable bonds is 12. The quantitative estimate of drug-likeness (QED) is 0.514. The van der Waals surface area contributed by atoms with Gasteiger partial charge >= 0.3 is 0 Å². The van der Waals surface area contributed by atoms with E-state index >= 15 is 0 Å². The van der Waals surface area contributed by atoms with Gasteiger partial charge in [-0.1, -0.05) is 13.8 Å². The standard InChI is InChI=1S/C13H29NO3/c1-4-13(12-15,14-5-2)8-6-10-17-11-7-9-16-3/h14-15H,4-12H2,1-3H3.